The number of aliphatic hydroxyl groups is 1. The molecule has 0 saturated heterocycles. The van der Waals surface area contributed by atoms with E-state index in [9.17, 15) is 4.79 Å². The van der Waals surface area contributed by atoms with Crippen LogP contribution in [0.15, 0.2) is 53.1 Å². The SMILES string of the molecule is O=C(CN(CCO)Cc1ccccc1)NCc1ccco1. The lowest BCUT2D eigenvalue weighted by Crippen LogP contribution is -2.38. The van der Waals surface area contributed by atoms with Gasteiger partial charge in [-0.25, -0.2) is 0 Å². The van der Waals surface area contributed by atoms with E-state index in [0.717, 1.165) is 11.3 Å². The fourth-order valence-electron chi connectivity index (χ4n) is 2.05. The maximum absolute atomic E-state index is 11.9. The van der Waals surface area contributed by atoms with Gasteiger partial charge in [0, 0.05) is 13.1 Å². The number of furan rings is 1. The zero-order valence-corrected chi connectivity index (χ0v) is 11.9. The summed E-state index contributed by atoms with van der Waals surface area (Å²) >= 11 is 0. The van der Waals surface area contributed by atoms with Gasteiger partial charge in [0.15, 0.2) is 0 Å². The van der Waals surface area contributed by atoms with E-state index >= 15 is 0 Å². The summed E-state index contributed by atoms with van der Waals surface area (Å²) in [6.07, 6.45) is 1.58. The quantitative estimate of drug-likeness (QED) is 0.770. The molecule has 1 amide bonds. The standard InChI is InChI=1S/C16H20N2O3/c19-9-8-18(12-14-5-2-1-3-6-14)13-16(20)17-11-15-7-4-10-21-15/h1-7,10,19H,8-9,11-13H2,(H,17,20). The van der Waals surface area contributed by atoms with E-state index in [0.29, 0.717) is 19.6 Å². The highest BCUT2D eigenvalue weighted by molar-refractivity contribution is 5.77. The van der Waals surface area contributed by atoms with Crippen LogP contribution in [0.5, 0.6) is 0 Å². The third-order valence-corrected chi connectivity index (χ3v) is 3.07. The Morgan fingerprint density at radius 1 is 1.19 bits per heavy atom. The van der Waals surface area contributed by atoms with Crippen molar-refractivity contribution in [3.8, 4) is 0 Å². The second kappa shape index (κ2) is 8.24. The average molecular weight is 288 g/mol. The van der Waals surface area contributed by atoms with Crippen molar-refractivity contribution in [3.63, 3.8) is 0 Å². The zero-order chi connectivity index (χ0) is 14.9. The molecule has 5 heteroatoms. The van der Waals surface area contributed by atoms with Crippen molar-refractivity contribution in [2.75, 3.05) is 19.7 Å². The summed E-state index contributed by atoms with van der Waals surface area (Å²) in [7, 11) is 0. The molecule has 112 valence electrons. The van der Waals surface area contributed by atoms with Crippen LogP contribution in [-0.4, -0.2) is 35.6 Å². The molecule has 0 fully saturated rings. The Labute approximate surface area is 124 Å². The van der Waals surface area contributed by atoms with Crippen LogP contribution in [-0.2, 0) is 17.9 Å². The molecule has 1 aromatic carbocycles. The first-order valence-corrected chi connectivity index (χ1v) is 6.94. The lowest BCUT2D eigenvalue weighted by Gasteiger charge is -2.20. The molecule has 0 aliphatic rings. The smallest absolute Gasteiger partial charge is 0.234 e. The lowest BCUT2D eigenvalue weighted by atomic mass is 10.2. The number of hydrogen-bond donors (Lipinski definition) is 2. The molecule has 0 radical (unpaired) electrons. The summed E-state index contributed by atoms with van der Waals surface area (Å²) in [4.78, 5) is 13.8. The Bertz CT molecular complexity index is 526. The summed E-state index contributed by atoms with van der Waals surface area (Å²) in [5.41, 5.74) is 1.12. The minimum Gasteiger partial charge on any atom is -0.467 e. The molecule has 21 heavy (non-hydrogen) atoms. The van der Waals surface area contributed by atoms with Gasteiger partial charge in [-0.2, -0.15) is 0 Å². The Hall–Kier alpha value is -2.11. The average Bonchev–Trinajstić information content (AvgIpc) is 3.00. The first-order chi connectivity index (χ1) is 10.3. The van der Waals surface area contributed by atoms with Crippen molar-refractivity contribution in [2.24, 2.45) is 0 Å². The maximum atomic E-state index is 11.9. The van der Waals surface area contributed by atoms with Crippen LogP contribution in [0.2, 0.25) is 0 Å². The summed E-state index contributed by atoms with van der Waals surface area (Å²) in [6, 6.07) is 13.5. The van der Waals surface area contributed by atoms with Crippen molar-refractivity contribution in [1.82, 2.24) is 10.2 Å². The van der Waals surface area contributed by atoms with Gasteiger partial charge in [-0.05, 0) is 17.7 Å². The van der Waals surface area contributed by atoms with Gasteiger partial charge >= 0.3 is 0 Å². The number of carbonyl (C=O) groups excluding carboxylic acids is 1. The monoisotopic (exact) mass is 288 g/mol. The normalized spacial score (nSPS) is 10.8. The molecule has 0 aliphatic carbocycles. The van der Waals surface area contributed by atoms with E-state index in [4.69, 9.17) is 9.52 Å². The zero-order valence-electron chi connectivity index (χ0n) is 11.9. The van der Waals surface area contributed by atoms with E-state index in [2.05, 4.69) is 5.32 Å². The van der Waals surface area contributed by atoms with Gasteiger partial charge in [0.1, 0.15) is 5.76 Å². The Balaban J connectivity index is 1.82. The maximum Gasteiger partial charge on any atom is 0.234 e. The summed E-state index contributed by atoms with van der Waals surface area (Å²) in [5.74, 6) is 0.635. The Morgan fingerprint density at radius 2 is 2.00 bits per heavy atom. The molecule has 0 bridgehead atoms. The van der Waals surface area contributed by atoms with Crippen molar-refractivity contribution < 1.29 is 14.3 Å². The highest BCUT2D eigenvalue weighted by atomic mass is 16.3. The van der Waals surface area contributed by atoms with Gasteiger partial charge in [0.05, 0.1) is 26.0 Å². The van der Waals surface area contributed by atoms with Gasteiger partial charge < -0.3 is 14.8 Å². The topological polar surface area (TPSA) is 65.7 Å². The van der Waals surface area contributed by atoms with E-state index in [-0.39, 0.29) is 19.1 Å². The molecule has 0 saturated carbocycles. The van der Waals surface area contributed by atoms with Gasteiger partial charge in [-0.1, -0.05) is 30.3 Å². The molecule has 5 nitrogen and oxygen atoms in total. The number of amides is 1. The first kappa shape index (κ1) is 15.3. The number of carbonyl (C=O) groups is 1. The molecular formula is C16H20N2O3. The molecule has 1 aromatic heterocycles. The van der Waals surface area contributed by atoms with E-state index in [1.807, 2.05) is 41.3 Å². The molecule has 0 aliphatic heterocycles. The minimum absolute atomic E-state index is 0.0261. The number of nitrogens with one attached hydrogen (secondary N) is 1. The van der Waals surface area contributed by atoms with E-state index in [1.165, 1.54) is 0 Å². The van der Waals surface area contributed by atoms with Crippen LogP contribution in [0.25, 0.3) is 0 Å². The molecule has 0 unspecified atom stereocenters. The number of nitrogens with zero attached hydrogens (tertiary/aromatic N) is 1. The fourth-order valence-corrected chi connectivity index (χ4v) is 2.05. The minimum atomic E-state index is -0.0872. The predicted molar refractivity (Wildman–Crippen MR) is 79.4 cm³/mol. The van der Waals surface area contributed by atoms with Gasteiger partial charge in [0.2, 0.25) is 5.91 Å². The first-order valence-electron chi connectivity index (χ1n) is 6.94. The van der Waals surface area contributed by atoms with Crippen molar-refractivity contribution in [2.45, 2.75) is 13.1 Å². The van der Waals surface area contributed by atoms with Crippen molar-refractivity contribution in [1.29, 1.82) is 0 Å². The highest BCUT2D eigenvalue weighted by Gasteiger charge is 2.11. The summed E-state index contributed by atoms with van der Waals surface area (Å²) in [6.45, 7) is 1.75. The predicted octanol–water partition coefficient (Wildman–Crippen LogP) is 1.39. The van der Waals surface area contributed by atoms with E-state index in [1.54, 1.807) is 12.3 Å². The molecular weight excluding hydrogens is 268 g/mol. The molecule has 1 heterocycles. The second-order valence-electron chi connectivity index (χ2n) is 4.78. The highest BCUT2D eigenvalue weighted by Crippen LogP contribution is 2.04. The lowest BCUT2D eigenvalue weighted by molar-refractivity contribution is -0.122. The van der Waals surface area contributed by atoms with Crippen LogP contribution in [0, 0.1) is 0 Å². The van der Waals surface area contributed by atoms with Crippen LogP contribution in [0.4, 0.5) is 0 Å². The molecule has 2 N–H and O–H groups in total. The largest absolute Gasteiger partial charge is 0.467 e. The number of aliphatic hydroxyl groups excluding tert-OH is 1. The fraction of sp³-hybridized carbons (Fsp3) is 0.312. The molecule has 0 atom stereocenters. The Morgan fingerprint density at radius 3 is 2.67 bits per heavy atom. The van der Waals surface area contributed by atoms with Gasteiger partial charge in [-0.3, -0.25) is 9.69 Å². The molecule has 2 aromatic rings. The van der Waals surface area contributed by atoms with Crippen LogP contribution < -0.4 is 5.32 Å². The van der Waals surface area contributed by atoms with Gasteiger partial charge in [0.25, 0.3) is 0 Å². The summed E-state index contributed by atoms with van der Waals surface area (Å²) in [5, 5.41) is 11.9. The molecule has 0 spiro atoms. The molecule has 2 rings (SSSR count). The van der Waals surface area contributed by atoms with Crippen molar-refractivity contribution >= 4 is 5.91 Å². The van der Waals surface area contributed by atoms with Crippen LogP contribution in [0.1, 0.15) is 11.3 Å². The number of rotatable bonds is 8. The Kier molecular flexibility index (Phi) is 5.99. The van der Waals surface area contributed by atoms with Crippen LogP contribution in [0.3, 0.4) is 0 Å². The second-order valence-corrected chi connectivity index (χ2v) is 4.78. The van der Waals surface area contributed by atoms with Crippen molar-refractivity contribution in [3.05, 3.63) is 60.1 Å². The summed E-state index contributed by atoms with van der Waals surface area (Å²) < 4.78 is 5.16. The number of hydrogen-bond acceptors (Lipinski definition) is 4. The number of benzene rings is 1. The van der Waals surface area contributed by atoms with Gasteiger partial charge in [-0.15, -0.1) is 0 Å². The van der Waals surface area contributed by atoms with E-state index < -0.39 is 0 Å². The third-order valence-electron chi connectivity index (χ3n) is 3.07. The third kappa shape index (κ3) is 5.41. The van der Waals surface area contributed by atoms with Crippen LogP contribution >= 0.6 is 0 Å².